The van der Waals surface area contributed by atoms with Crippen molar-refractivity contribution in [1.82, 2.24) is 0 Å². The molecule has 0 saturated heterocycles. The zero-order valence-electron chi connectivity index (χ0n) is 18.5. The first-order valence-electron chi connectivity index (χ1n) is 11.0. The summed E-state index contributed by atoms with van der Waals surface area (Å²) in [5.74, 6) is 7.35. The van der Waals surface area contributed by atoms with Crippen molar-refractivity contribution in [3.63, 3.8) is 0 Å². The van der Waals surface area contributed by atoms with E-state index in [1.54, 1.807) is 0 Å². The van der Waals surface area contributed by atoms with Crippen LogP contribution in [0.4, 0.5) is 11.4 Å². The van der Waals surface area contributed by atoms with Gasteiger partial charge in [-0.05, 0) is 89.8 Å². The lowest BCUT2D eigenvalue weighted by Crippen LogP contribution is -1.93. The molecule has 0 fully saturated rings. The monoisotopic (exact) mass is 418 g/mol. The van der Waals surface area contributed by atoms with Crippen LogP contribution < -0.4 is 4.74 Å². The molecule has 0 heterocycles. The van der Waals surface area contributed by atoms with Gasteiger partial charge in [0.15, 0.2) is 0 Å². The van der Waals surface area contributed by atoms with Crippen molar-refractivity contribution < 1.29 is 4.74 Å². The van der Waals surface area contributed by atoms with Crippen molar-refractivity contribution in [2.24, 2.45) is 10.2 Å². The van der Waals surface area contributed by atoms with Crippen LogP contribution >= 0.6 is 0 Å². The van der Waals surface area contributed by atoms with Crippen LogP contribution in [-0.4, -0.2) is 6.61 Å². The summed E-state index contributed by atoms with van der Waals surface area (Å²) in [5.41, 5.74) is 4.89. The van der Waals surface area contributed by atoms with Gasteiger partial charge in [0.1, 0.15) is 5.75 Å². The molecule has 4 aromatic rings. The summed E-state index contributed by atoms with van der Waals surface area (Å²) in [5, 5.41) is 11.1. The Morgan fingerprint density at radius 3 is 1.94 bits per heavy atom. The normalized spacial score (nSPS) is 10.8. The van der Waals surface area contributed by atoms with E-state index in [4.69, 9.17) is 4.74 Å². The van der Waals surface area contributed by atoms with Gasteiger partial charge in [-0.15, -0.1) is 0 Å². The second-order valence-corrected chi connectivity index (χ2v) is 7.59. The van der Waals surface area contributed by atoms with Crippen molar-refractivity contribution in [1.29, 1.82) is 0 Å². The number of rotatable bonds is 6. The molecule has 0 radical (unpaired) electrons. The molecule has 0 atom stereocenters. The predicted molar refractivity (Wildman–Crippen MR) is 132 cm³/mol. The summed E-state index contributed by atoms with van der Waals surface area (Å²) in [6.45, 7) is 4.98. The van der Waals surface area contributed by atoms with Crippen LogP contribution in [0.2, 0.25) is 0 Å². The standard InChI is InChI=1S/C29H26N2O/c1-3-19-32-29-17-15-28(16-18-29)31-30-27-13-9-23(10-14-27)5-6-24-8-12-25-20-22(4-2)7-11-26(25)21-24/h7-18,20-21H,3-4,19H2,1-2H3. The van der Waals surface area contributed by atoms with E-state index in [-0.39, 0.29) is 0 Å². The number of fused-ring (bicyclic) bond motifs is 1. The number of benzene rings is 4. The zero-order chi connectivity index (χ0) is 22.2. The maximum absolute atomic E-state index is 5.59. The largest absolute Gasteiger partial charge is 0.494 e. The van der Waals surface area contributed by atoms with E-state index in [0.29, 0.717) is 0 Å². The minimum Gasteiger partial charge on any atom is -0.494 e. The number of azo groups is 1. The SMILES string of the molecule is CCCOc1ccc(N=Nc2ccc(C#Cc3ccc4cc(CC)ccc4c3)cc2)cc1. The van der Waals surface area contributed by atoms with Crippen molar-refractivity contribution in [2.45, 2.75) is 26.7 Å². The van der Waals surface area contributed by atoms with Gasteiger partial charge in [0, 0.05) is 11.1 Å². The molecule has 3 nitrogen and oxygen atoms in total. The third-order valence-corrected chi connectivity index (χ3v) is 5.12. The second-order valence-electron chi connectivity index (χ2n) is 7.59. The molecule has 4 aromatic carbocycles. The van der Waals surface area contributed by atoms with Gasteiger partial charge < -0.3 is 4.74 Å². The molecule has 4 rings (SSSR count). The Bertz CT molecular complexity index is 1280. The lowest BCUT2D eigenvalue weighted by Gasteiger charge is -2.03. The van der Waals surface area contributed by atoms with Gasteiger partial charge >= 0.3 is 0 Å². The lowest BCUT2D eigenvalue weighted by atomic mass is 10.0. The van der Waals surface area contributed by atoms with Crippen molar-refractivity contribution in [3.8, 4) is 17.6 Å². The molecule has 0 bridgehead atoms. The summed E-state index contributed by atoms with van der Waals surface area (Å²) >= 11 is 0. The fourth-order valence-corrected chi connectivity index (χ4v) is 3.29. The number of hydrogen-bond acceptors (Lipinski definition) is 3. The van der Waals surface area contributed by atoms with Gasteiger partial charge in [0.05, 0.1) is 18.0 Å². The topological polar surface area (TPSA) is 34.0 Å². The maximum atomic E-state index is 5.59. The van der Waals surface area contributed by atoms with Crippen LogP contribution in [0.1, 0.15) is 37.0 Å². The first kappa shape index (κ1) is 21.3. The minimum absolute atomic E-state index is 0.719. The van der Waals surface area contributed by atoms with E-state index in [9.17, 15) is 0 Å². The fraction of sp³-hybridized carbons (Fsp3) is 0.172. The predicted octanol–water partition coefficient (Wildman–Crippen LogP) is 8.01. The average Bonchev–Trinajstić information content (AvgIpc) is 2.85. The fourth-order valence-electron chi connectivity index (χ4n) is 3.29. The van der Waals surface area contributed by atoms with Gasteiger partial charge in [-0.25, -0.2) is 0 Å². The lowest BCUT2D eigenvalue weighted by molar-refractivity contribution is 0.317. The van der Waals surface area contributed by atoms with Crippen LogP contribution in [0.15, 0.2) is 95.2 Å². The molecule has 0 N–H and O–H groups in total. The van der Waals surface area contributed by atoms with E-state index >= 15 is 0 Å². The van der Waals surface area contributed by atoms with Crippen LogP contribution in [0.3, 0.4) is 0 Å². The third-order valence-electron chi connectivity index (χ3n) is 5.12. The summed E-state index contributed by atoms with van der Waals surface area (Å²) in [6, 6.07) is 28.4. The molecule has 0 amide bonds. The minimum atomic E-state index is 0.719. The molecule has 0 aliphatic carbocycles. The van der Waals surface area contributed by atoms with Crippen LogP contribution in [0.25, 0.3) is 10.8 Å². The van der Waals surface area contributed by atoms with E-state index in [1.165, 1.54) is 16.3 Å². The molecule has 158 valence electrons. The van der Waals surface area contributed by atoms with Gasteiger partial charge in [-0.3, -0.25) is 0 Å². The molecular formula is C29H26N2O. The molecule has 0 aliphatic rings. The first-order valence-corrected chi connectivity index (χ1v) is 11.0. The molecule has 0 aliphatic heterocycles. The summed E-state index contributed by atoms with van der Waals surface area (Å²) in [6.07, 6.45) is 2.04. The molecule has 0 unspecified atom stereocenters. The van der Waals surface area contributed by atoms with Crippen LogP contribution in [0, 0.1) is 11.8 Å². The number of aryl methyl sites for hydroxylation is 1. The Morgan fingerprint density at radius 1 is 0.656 bits per heavy atom. The highest BCUT2D eigenvalue weighted by Gasteiger charge is 1.98. The quantitative estimate of drug-likeness (QED) is 0.231. The summed E-state index contributed by atoms with van der Waals surface area (Å²) in [7, 11) is 0. The Balaban J connectivity index is 1.41. The van der Waals surface area contributed by atoms with E-state index < -0.39 is 0 Å². The third kappa shape index (κ3) is 5.62. The molecular weight excluding hydrogens is 392 g/mol. The summed E-state index contributed by atoms with van der Waals surface area (Å²) in [4.78, 5) is 0. The van der Waals surface area contributed by atoms with Gasteiger partial charge in [-0.2, -0.15) is 10.2 Å². The van der Waals surface area contributed by atoms with Gasteiger partial charge in [0.25, 0.3) is 0 Å². The van der Waals surface area contributed by atoms with Crippen LogP contribution in [0.5, 0.6) is 5.75 Å². The van der Waals surface area contributed by atoms with E-state index in [0.717, 1.165) is 47.7 Å². The second kappa shape index (κ2) is 10.4. The Hall–Kier alpha value is -3.90. The smallest absolute Gasteiger partial charge is 0.119 e. The van der Waals surface area contributed by atoms with E-state index in [2.05, 4.69) is 72.3 Å². The molecule has 3 heteroatoms. The molecule has 0 saturated carbocycles. The number of hydrogen-bond donors (Lipinski definition) is 0. The number of ether oxygens (including phenoxy) is 1. The maximum Gasteiger partial charge on any atom is 0.119 e. The average molecular weight is 419 g/mol. The highest BCUT2D eigenvalue weighted by Crippen LogP contribution is 2.22. The number of nitrogens with zero attached hydrogens (tertiary/aromatic N) is 2. The van der Waals surface area contributed by atoms with Crippen molar-refractivity contribution in [2.75, 3.05) is 6.61 Å². The first-order chi connectivity index (χ1) is 15.7. The van der Waals surface area contributed by atoms with Gasteiger partial charge in [-0.1, -0.05) is 50.0 Å². The van der Waals surface area contributed by atoms with Crippen LogP contribution in [-0.2, 0) is 6.42 Å². The summed E-state index contributed by atoms with van der Waals surface area (Å²) < 4.78 is 5.59. The molecule has 0 spiro atoms. The Labute approximate surface area is 189 Å². The zero-order valence-corrected chi connectivity index (χ0v) is 18.5. The Kier molecular flexibility index (Phi) is 6.94. The van der Waals surface area contributed by atoms with Crippen molar-refractivity contribution in [3.05, 3.63) is 102 Å². The molecule has 32 heavy (non-hydrogen) atoms. The Morgan fingerprint density at radius 2 is 1.25 bits per heavy atom. The highest BCUT2D eigenvalue weighted by molar-refractivity contribution is 5.84. The highest BCUT2D eigenvalue weighted by atomic mass is 16.5. The van der Waals surface area contributed by atoms with Gasteiger partial charge in [0.2, 0.25) is 0 Å². The van der Waals surface area contributed by atoms with Crippen molar-refractivity contribution >= 4 is 22.1 Å². The van der Waals surface area contributed by atoms with E-state index in [1.807, 2.05) is 48.5 Å². The molecule has 0 aromatic heterocycles.